The van der Waals surface area contributed by atoms with Crippen LogP contribution in [0.1, 0.15) is 37.1 Å². The standard InChI is InChI=1S/C29H36N2O5/c1-19(29(33)31(3)20(2)28(32)21-10-8-7-9-11-21)27(30-23-13-15-24(34-4)16-14-23)22-12-17-25(35-5)26(18-22)36-6/h7-20,27-28,30,32H,1-6H3/t19-,20+,27+,28-/m1/s1. The van der Waals surface area contributed by atoms with Crippen LogP contribution in [0.3, 0.4) is 0 Å². The van der Waals surface area contributed by atoms with Crippen LogP contribution in [0.4, 0.5) is 5.69 Å². The molecule has 0 fully saturated rings. The van der Waals surface area contributed by atoms with Gasteiger partial charge >= 0.3 is 0 Å². The highest BCUT2D eigenvalue weighted by molar-refractivity contribution is 5.80. The predicted molar refractivity (Wildman–Crippen MR) is 142 cm³/mol. The second-order valence-corrected chi connectivity index (χ2v) is 8.80. The number of likely N-dealkylation sites (N-methyl/N-ethyl adjacent to an activating group) is 1. The normalized spacial score (nSPS) is 14.2. The first-order valence-electron chi connectivity index (χ1n) is 11.9. The van der Waals surface area contributed by atoms with Gasteiger partial charge in [0.15, 0.2) is 11.5 Å². The van der Waals surface area contributed by atoms with E-state index in [0.717, 1.165) is 22.6 Å². The third-order valence-electron chi connectivity index (χ3n) is 6.62. The molecule has 3 rings (SSSR count). The monoisotopic (exact) mass is 492 g/mol. The number of aliphatic hydroxyl groups is 1. The number of amides is 1. The number of methoxy groups -OCH3 is 3. The highest BCUT2D eigenvalue weighted by Crippen LogP contribution is 2.35. The minimum absolute atomic E-state index is 0.0988. The molecule has 3 aromatic rings. The molecule has 0 saturated heterocycles. The summed E-state index contributed by atoms with van der Waals surface area (Å²) in [5, 5.41) is 14.4. The molecule has 0 saturated carbocycles. The first-order valence-corrected chi connectivity index (χ1v) is 11.9. The molecule has 0 aromatic heterocycles. The Kier molecular flexibility index (Phi) is 9.19. The summed E-state index contributed by atoms with van der Waals surface area (Å²) in [7, 11) is 6.53. The molecule has 0 aliphatic rings. The molecule has 7 heteroatoms. The fourth-order valence-corrected chi connectivity index (χ4v) is 4.22. The van der Waals surface area contributed by atoms with Crippen molar-refractivity contribution in [2.75, 3.05) is 33.7 Å². The molecule has 2 N–H and O–H groups in total. The van der Waals surface area contributed by atoms with Gasteiger partial charge in [0.25, 0.3) is 0 Å². The van der Waals surface area contributed by atoms with Crippen LogP contribution in [0.25, 0.3) is 0 Å². The molecular formula is C29H36N2O5. The van der Waals surface area contributed by atoms with E-state index in [1.54, 1.807) is 33.3 Å². The molecule has 4 atom stereocenters. The summed E-state index contributed by atoms with van der Waals surface area (Å²) >= 11 is 0. The molecule has 0 unspecified atom stereocenters. The summed E-state index contributed by atoms with van der Waals surface area (Å²) in [5.41, 5.74) is 2.48. The van der Waals surface area contributed by atoms with E-state index in [0.29, 0.717) is 11.5 Å². The van der Waals surface area contributed by atoms with E-state index in [1.165, 1.54) is 0 Å². The van der Waals surface area contributed by atoms with Crippen LogP contribution >= 0.6 is 0 Å². The highest BCUT2D eigenvalue weighted by atomic mass is 16.5. The smallest absolute Gasteiger partial charge is 0.227 e. The van der Waals surface area contributed by atoms with Crippen molar-refractivity contribution in [1.29, 1.82) is 0 Å². The number of anilines is 1. The number of rotatable bonds is 11. The van der Waals surface area contributed by atoms with Crippen molar-refractivity contribution in [3.05, 3.63) is 83.9 Å². The fraction of sp³-hybridized carbons (Fsp3) is 0.345. The number of aliphatic hydroxyl groups excluding tert-OH is 1. The Balaban J connectivity index is 1.91. The predicted octanol–water partition coefficient (Wildman–Crippen LogP) is 5.08. The summed E-state index contributed by atoms with van der Waals surface area (Å²) in [5.74, 6) is 1.37. The number of ether oxygens (including phenoxy) is 3. The minimum atomic E-state index is -0.804. The van der Waals surface area contributed by atoms with Gasteiger partial charge in [0.2, 0.25) is 5.91 Å². The summed E-state index contributed by atoms with van der Waals surface area (Å²) in [6.07, 6.45) is -0.804. The van der Waals surface area contributed by atoms with Crippen LogP contribution < -0.4 is 19.5 Å². The summed E-state index contributed by atoms with van der Waals surface area (Å²) in [6, 6.07) is 21.8. The lowest BCUT2D eigenvalue weighted by molar-refractivity contribution is -0.138. The van der Waals surface area contributed by atoms with Crippen molar-refractivity contribution >= 4 is 11.6 Å². The van der Waals surface area contributed by atoms with E-state index in [1.807, 2.05) is 86.6 Å². The maximum atomic E-state index is 13.7. The van der Waals surface area contributed by atoms with Gasteiger partial charge in [0.1, 0.15) is 5.75 Å². The molecule has 0 radical (unpaired) electrons. The average Bonchev–Trinajstić information content (AvgIpc) is 2.94. The van der Waals surface area contributed by atoms with E-state index >= 15 is 0 Å². The second kappa shape index (κ2) is 12.3. The van der Waals surface area contributed by atoms with Crippen molar-refractivity contribution in [2.24, 2.45) is 5.92 Å². The Morgan fingerprint density at radius 1 is 0.833 bits per heavy atom. The zero-order valence-corrected chi connectivity index (χ0v) is 21.8. The van der Waals surface area contributed by atoms with Gasteiger partial charge in [0, 0.05) is 12.7 Å². The molecule has 7 nitrogen and oxygen atoms in total. The Hall–Kier alpha value is -3.71. The number of nitrogens with zero attached hydrogens (tertiary/aromatic N) is 1. The zero-order chi connectivity index (χ0) is 26.2. The number of nitrogens with one attached hydrogen (secondary N) is 1. The van der Waals surface area contributed by atoms with Gasteiger partial charge in [-0.15, -0.1) is 0 Å². The van der Waals surface area contributed by atoms with Crippen LogP contribution in [0, 0.1) is 5.92 Å². The lowest BCUT2D eigenvalue weighted by Gasteiger charge is -2.34. The number of hydrogen-bond acceptors (Lipinski definition) is 6. The van der Waals surface area contributed by atoms with Crippen LogP contribution in [0.5, 0.6) is 17.2 Å². The minimum Gasteiger partial charge on any atom is -0.497 e. The van der Waals surface area contributed by atoms with Gasteiger partial charge in [-0.3, -0.25) is 4.79 Å². The van der Waals surface area contributed by atoms with Gasteiger partial charge in [-0.1, -0.05) is 43.3 Å². The van der Waals surface area contributed by atoms with Crippen molar-refractivity contribution < 1.29 is 24.1 Å². The van der Waals surface area contributed by atoms with Crippen LogP contribution in [0.15, 0.2) is 72.8 Å². The van der Waals surface area contributed by atoms with Gasteiger partial charge in [-0.05, 0) is 54.4 Å². The maximum absolute atomic E-state index is 13.7. The zero-order valence-electron chi connectivity index (χ0n) is 21.8. The molecule has 36 heavy (non-hydrogen) atoms. The Labute approximate surface area is 213 Å². The lowest BCUT2D eigenvalue weighted by atomic mass is 9.91. The molecule has 0 aliphatic heterocycles. The molecule has 192 valence electrons. The molecule has 0 bridgehead atoms. The van der Waals surface area contributed by atoms with Crippen LogP contribution in [0.2, 0.25) is 0 Å². The summed E-state index contributed by atoms with van der Waals surface area (Å²) in [6.45, 7) is 3.74. The Bertz CT molecular complexity index is 1120. The van der Waals surface area contributed by atoms with E-state index in [4.69, 9.17) is 14.2 Å². The van der Waals surface area contributed by atoms with Gasteiger partial charge in [-0.25, -0.2) is 0 Å². The summed E-state index contributed by atoms with van der Waals surface area (Å²) in [4.78, 5) is 15.3. The Morgan fingerprint density at radius 2 is 1.47 bits per heavy atom. The third-order valence-corrected chi connectivity index (χ3v) is 6.62. The van der Waals surface area contributed by atoms with Crippen LogP contribution in [-0.4, -0.2) is 50.3 Å². The van der Waals surface area contributed by atoms with E-state index < -0.39 is 18.1 Å². The van der Waals surface area contributed by atoms with Crippen molar-refractivity contribution in [2.45, 2.75) is 32.0 Å². The Morgan fingerprint density at radius 3 is 2.06 bits per heavy atom. The fourth-order valence-electron chi connectivity index (χ4n) is 4.22. The molecule has 1 amide bonds. The maximum Gasteiger partial charge on any atom is 0.227 e. The quantitative estimate of drug-likeness (QED) is 0.389. The van der Waals surface area contributed by atoms with E-state index in [-0.39, 0.29) is 11.9 Å². The van der Waals surface area contributed by atoms with Gasteiger partial charge < -0.3 is 29.5 Å². The van der Waals surface area contributed by atoms with E-state index in [2.05, 4.69) is 5.32 Å². The first kappa shape index (κ1) is 26.9. The SMILES string of the molecule is COc1ccc(N[C@H](c2ccc(OC)c(OC)c2)[C@@H](C)C(=O)N(C)[C@@H](C)[C@@H](O)c2ccccc2)cc1. The first-order chi connectivity index (χ1) is 17.3. The van der Waals surface area contributed by atoms with Gasteiger partial charge in [0.05, 0.1) is 45.4 Å². The topological polar surface area (TPSA) is 80.3 Å². The van der Waals surface area contributed by atoms with E-state index in [9.17, 15) is 9.90 Å². The molecule has 3 aromatic carbocycles. The molecular weight excluding hydrogens is 456 g/mol. The van der Waals surface area contributed by atoms with Crippen molar-refractivity contribution in [1.82, 2.24) is 4.90 Å². The molecule has 0 heterocycles. The average molecular weight is 493 g/mol. The number of hydrogen-bond donors (Lipinski definition) is 2. The van der Waals surface area contributed by atoms with Crippen LogP contribution in [-0.2, 0) is 4.79 Å². The molecule has 0 aliphatic carbocycles. The number of carbonyl (C=O) groups is 1. The van der Waals surface area contributed by atoms with Crippen molar-refractivity contribution in [3.63, 3.8) is 0 Å². The second-order valence-electron chi connectivity index (χ2n) is 8.80. The largest absolute Gasteiger partial charge is 0.497 e. The van der Waals surface area contributed by atoms with Gasteiger partial charge in [-0.2, -0.15) is 0 Å². The van der Waals surface area contributed by atoms with Crippen molar-refractivity contribution in [3.8, 4) is 17.2 Å². The lowest BCUT2D eigenvalue weighted by Crippen LogP contribution is -2.43. The molecule has 0 spiro atoms. The highest BCUT2D eigenvalue weighted by Gasteiger charge is 2.32. The third kappa shape index (κ3) is 6.10. The summed E-state index contributed by atoms with van der Waals surface area (Å²) < 4.78 is 16.2. The number of carbonyl (C=O) groups excluding carboxylic acids is 1. The number of benzene rings is 3.